The molecule has 116 valence electrons. The van der Waals surface area contributed by atoms with Crippen molar-refractivity contribution in [2.45, 2.75) is 32.6 Å². The molecule has 1 heterocycles. The van der Waals surface area contributed by atoms with Crippen molar-refractivity contribution >= 4 is 11.9 Å². The molecule has 1 amide bonds. The van der Waals surface area contributed by atoms with Crippen LogP contribution in [0.15, 0.2) is 0 Å². The number of ether oxygens (including phenoxy) is 1. The van der Waals surface area contributed by atoms with Gasteiger partial charge in [0.25, 0.3) is 0 Å². The highest BCUT2D eigenvalue weighted by molar-refractivity contribution is 5.78. The fraction of sp³-hybridized carbons (Fsp3) is 0.857. The lowest BCUT2D eigenvalue weighted by Crippen LogP contribution is -2.44. The van der Waals surface area contributed by atoms with Crippen molar-refractivity contribution in [3.63, 3.8) is 0 Å². The Morgan fingerprint density at radius 2 is 2.00 bits per heavy atom. The molecule has 0 aromatic carbocycles. The highest BCUT2D eigenvalue weighted by Gasteiger charge is 2.26. The van der Waals surface area contributed by atoms with Crippen molar-refractivity contribution in [1.29, 1.82) is 0 Å². The first-order valence-electron chi connectivity index (χ1n) is 7.44. The molecular formula is C14H26N2O4. The quantitative estimate of drug-likeness (QED) is 0.611. The molecule has 0 saturated carbocycles. The van der Waals surface area contributed by atoms with Crippen LogP contribution in [0.25, 0.3) is 0 Å². The topological polar surface area (TPSA) is 78.9 Å². The van der Waals surface area contributed by atoms with Gasteiger partial charge < -0.3 is 20.1 Å². The Balaban J connectivity index is 2.04. The number of piperidine rings is 1. The average molecular weight is 286 g/mol. The maximum atomic E-state index is 11.9. The molecule has 6 nitrogen and oxygen atoms in total. The zero-order valence-electron chi connectivity index (χ0n) is 12.3. The van der Waals surface area contributed by atoms with Crippen LogP contribution in [-0.4, -0.2) is 61.3 Å². The van der Waals surface area contributed by atoms with E-state index in [4.69, 9.17) is 9.84 Å². The fourth-order valence-electron chi connectivity index (χ4n) is 2.18. The predicted molar refractivity (Wildman–Crippen MR) is 75.5 cm³/mol. The molecule has 0 atom stereocenters. The lowest BCUT2D eigenvalue weighted by atomic mass is 9.97. The summed E-state index contributed by atoms with van der Waals surface area (Å²) >= 11 is 0. The van der Waals surface area contributed by atoms with Crippen LogP contribution in [0.4, 0.5) is 0 Å². The molecule has 0 unspecified atom stereocenters. The van der Waals surface area contributed by atoms with Crippen molar-refractivity contribution in [1.82, 2.24) is 10.2 Å². The van der Waals surface area contributed by atoms with Crippen LogP contribution in [0.1, 0.15) is 32.6 Å². The number of amides is 1. The number of carboxylic acid groups (broad SMARTS) is 1. The van der Waals surface area contributed by atoms with E-state index in [2.05, 4.69) is 12.2 Å². The monoisotopic (exact) mass is 286 g/mol. The summed E-state index contributed by atoms with van der Waals surface area (Å²) in [7, 11) is 0. The number of carbonyl (C=O) groups excluding carboxylic acids is 1. The minimum absolute atomic E-state index is 0.0439. The molecule has 0 spiro atoms. The highest BCUT2D eigenvalue weighted by Crippen LogP contribution is 2.16. The Kier molecular flexibility index (Phi) is 8.22. The van der Waals surface area contributed by atoms with E-state index in [0.717, 1.165) is 19.4 Å². The Bertz CT molecular complexity index is 302. The van der Waals surface area contributed by atoms with Gasteiger partial charge in [-0.15, -0.1) is 0 Å². The van der Waals surface area contributed by atoms with E-state index in [0.29, 0.717) is 45.6 Å². The molecular weight excluding hydrogens is 260 g/mol. The number of carbonyl (C=O) groups is 2. The second-order valence-electron chi connectivity index (χ2n) is 5.14. The van der Waals surface area contributed by atoms with E-state index >= 15 is 0 Å². The Hall–Kier alpha value is -1.14. The van der Waals surface area contributed by atoms with Crippen molar-refractivity contribution in [2.75, 3.05) is 39.4 Å². The number of hydrogen-bond donors (Lipinski definition) is 2. The summed E-state index contributed by atoms with van der Waals surface area (Å²) in [5.74, 6) is -0.999. The molecule has 0 aromatic heterocycles. The van der Waals surface area contributed by atoms with Crippen LogP contribution in [0.3, 0.4) is 0 Å². The van der Waals surface area contributed by atoms with Crippen molar-refractivity contribution in [2.24, 2.45) is 5.92 Å². The Morgan fingerprint density at radius 3 is 2.60 bits per heavy atom. The van der Waals surface area contributed by atoms with E-state index in [1.165, 1.54) is 0 Å². The fourth-order valence-corrected chi connectivity index (χ4v) is 2.18. The number of rotatable bonds is 9. The molecule has 1 saturated heterocycles. The number of hydrogen-bond acceptors (Lipinski definition) is 4. The number of nitrogens with zero attached hydrogens (tertiary/aromatic N) is 1. The van der Waals surface area contributed by atoms with Crippen molar-refractivity contribution < 1.29 is 19.4 Å². The first-order valence-corrected chi connectivity index (χ1v) is 7.44. The van der Waals surface area contributed by atoms with Gasteiger partial charge in [0.15, 0.2) is 0 Å². The third-order valence-electron chi connectivity index (χ3n) is 3.54. The van der Waals surface area contributed by atoms with Crippen LogP contribution < -0.4 is 5.32 Å². The van der Waals surface area contributed by atoms with Crippen LogP contribution >= 0.6 is 0 Å². The SMILES string of the molecule is CCCCOCCNCC(=O)N1CCC(C(=O)O)CC1. The van der Waals surface area contributed by atoms with Gasteiger partial charge in [-0.2, -0.15) is 0 Å². The van der Waals surface area contributed by atoms with E-state index < -0.39 is 5.97 Å². The second-order valence-corrected chi connectivity index (χ2v) is 5.14. The number of nitrogens with one attached hydrogen (secondary N) is 1. The van der Waals surface area contributed by atoms with Crippen molar-refractivity contribution in [3.05, 3.63) is 0 Å². The molecule has 0 aliphatic carbocycles. The summed E-state index contributed by atoms with van der Waals surface area (Å²) in [5, 5.41) is 12.0. The molecule has 20 heavy (non-hydrogen) atoms. The summed E-state index contributed by atoms with van der Waals surface area (Å²) in [5.41, 5.74) is 0. The van der Waals surface area contributed by atoms with Crippen LogP contribution in [0.5, 0.6) is 0 Å². The van der Waals surface area contributed by atoms with Gasteiger partial charge >= 0.3 is 5.97 Å². The van der Waals surface area contributed by atoms with Crippen LogP contribution in [0, 0.1) is 5.92 Å². The second kappa shape index (κ2) is 9.72. The molecule has 1 aliphatic rings. The van der Waals surface area contributed by atoms with Gasteiger partial charge in [0.2, 0.25) is 5.91 Å². The number of likely N-dealkylation sites (tertiary alicyclic amines) is 1. The molecule has 0 aromatic rings. The summed E-state index contributed by atoms with van der Waals surface area (Å²) < 4.78 is 5.39. The maximum Gasteiger partial charge on any atom is 0.306 e. The van der Waals surface area contributed by atoms with Gasteiger partial charge in [-0.05, 0) is 19.3 Å². The Labute approximate surface area is 120 Å². The predicted octanol–water partition coefficient (Wildman–Crippen LogP) is 0.716. The molecule has 0 radical (unpaired) electrons. The van der Waals surface area contributed by atoms with E-state index in [1.807, 2.05) is 0 Å². The van der Waals surface area contributed by atoms with Gasteiger partial charge in [-0.25, -0.2) is 0 Å². The lowest BCUT2D eigenvalue weighted by Gasteiger charge is -2.30. The first-order chi connectivity index (χ1) is 9.65. The third kappa shape index (κ3) is 6.34. The van der Waals surface area contributed by atoms with Crippen molar-refractivity contribution in [3.8, 4) is 0 Å². The lowest BCUT2D eigenvalue weighted by molar-refractivity contribution is -0.145. The molecule has 2 N–H and O–H groups in total. The zero-order chi connectivity index (χ0) is 14.8. The molecule has 1 rings (SSSR count). The summed E-state index contributed by atoms with van der Waals surface area (Å²) in [4.78, 5) is 24.4. The van der Waals surface area contributed by atoms with E-state index in [1.54, 1.807) is 4.90 Å². The van der Waals surface area contributed by atoms with Crippen LogP contribution in [-0.2, 0) is 14.3 Å². The van der Waals surface area contributed by atoms with Gasteiger partial charge in [0.1, 0.15) is 0 Å². The van der Waals surface area contributed by atoms with E-state index in [9.17, 15) is 9.59 Å². The van der Waals surface area contributed by atoms with Crippen LogP contribution in [0.2, 0.25) is 0 Å². The summed E-state index contributed by atoms with van der Waals surface area (Å²) in [6.07, 6.45) is 3.30. The van der Waals surface area contributed by atoms with Gasteiger partial charge in [0.05, 0.1) is 19.1 Å². The van der Waals surface area contributed by atoms with Gasteiger partial charge in [-0.1, -0.05) is 13.3 Å². The Morgan fingerprint density at radius 1 is 1.30 bits per heavy atom. The standard InChI is InChI=1S/C14H26N2O4/c1-2-3-9-20-10-6-15-11-13(17)16-7-4-12(5-8-16)14(18)19/h12,15H,2-11H2,1H3,(H,18,19). The first kappa shape index (κ1) is 16.9. The summed E-state index contributed by atoms with van der Waals surface area (Å²) in [6.45, 7) is 5.57. The van der Waals surface area contributed by atoms with Gasteiger partial charge in [-0.3, -0.25) is 9.59 Å². The average Bonchev–Trinajstić information content (AvgIpc) is 2.46. The highest BCUT2D eigenvalue weighted by atomic mass is 16.5. The number of unbranched alkanes of at least 4 members (excludes halogenated alkanes) is 1. The smallest absolute Gasteiger partial charge is 0.306 e. The third-order valence-corrected chi connectivity index (χ3v) is 3.54. The summed E-state index contributed by atoms with van der Waals surface area (Å²) in [6, 6.07) is 0. The molecule has 1 aliphatic heterocycles. The normalized spacial score (nSPS) is 16.4. The number of carboxylic acids is 1. The molecule has 1 fully saturated rings. The largest absolute Gasteiger partial charge is 0.481 e. The van der Waals surface area contributed by atoms with E-state index in [-0.39, 0.29) is 11.8 Å². The van der Waals surface area contributed by atoms with Gasteiger partial charge in [0, 0.05) is 26.2 Å². The number of aliphatic carboxylic acids is 1. The minimum atomic E-state index is -0.751. The zero-order valence-corrected chi connectivity index (χ0v) is 12.3. The molecule has 6 heteroatoms. The minimum Gasteiger partial charge on any atom is -0.481 e. The molecule has 0 bridgehead atoms. The maximum absolute atomic E-state index is 11.9.